The van der Waals surface area contributed by atoms with Crippen LogP contribution in [0.15, 0.2) is 0 Å². The van der Waals surface area contributed by atoms with Crippen LogP contribution in [0, 0.1) is 0 Å². The van der Waals surface area contributed by atoms with Crippen molar-refractivity contribution >= 4 is 0 Å². The lowest BCUT2D eigenvalue weighted by atomic mass is 14.0. The van der Waals surface area contributed by atoms with E-state index >= 15 is 0 Å². The van der Waals surface area contributed by atoms with Crippen LogP contribution in [0.1, 0.15) is 0 Å². The number of hydrogen-bond donors (Lipinski definition) is 3. The van der Waals surface area contributed by atoms with Crippen molar-refractivity contribution in [2.75, 3.05) is 0 Å². The highest BCUT2D eigenvalue weighted by molar-refractivity contribution is 2.78. The molecule has 0 aliphatic carbocycles. The molecule has 0 heterocycles. The second-order valence-electron chi connectivity index (χ2n) is 0.217. The maximum absolute atomic E-state index is 7.06. The van der Waals surface area contributed by atoms with Crippen molar-refractivity contribution < 1.29 is 25.6 Å². The molecule has 0 aromatic rings. The second-order valence-corrected chi connectivity index (χ2v) is 0.217. The molecule has 0 saturated carbocycles. The average molecular weight is 99.0 g/mol. The van der Waals surface area contributed by atoms with Crippen LogP contribution in [0.3, 0.4) is 0 Å². The molecule has 0 atom stereocenters. The molecule has 6 heavy (non-hydrogen) atoms. The molecule has 5 N–H and O–H groups in total. The first-order valence-corrected chi connectivity index (χ1v) is 0.698. The summed E-state index contributed by atoms with van der Waals surface area (Å²) in [4.78, 5) is 0. The molecule has 6 heteroatoms. The van der Waals surface area contributed by atoms with Gasteiger partial charge in [-0.25, -0.2) is 10.5 Å². The molecular weight excluding hydrogens is 94.0 g/mol. The van der Waals surface area contributed by atoms with Crippen molar-refractivity contribution in [1.82, 2.24) is 6.15 Å². The van der Waals surface area contributed by atoms with E-state index in [1.807, 2.05) is 0 Å². The fourth-order valence-corrected chi connectivity index (χ4v) is 0.0136. The third kappa shape index (κ3) is 9.25. The largest absolute Gasteiger partial charge is 0.344 e. The van der Waals surface area contributed by atoms with Crippen LogP contribution in [0.5, 0.6) is 0 Å². The Bertz CT molecular complexity index is 11.4. The van der Waals surface area contributed by atoms with Crippen molar-refractivity contribution in [1.29, 1.82) is 0 Å². The minimum atomic E-state index is 0. The quantitative estimate of drug-likeness (QED) is 0.332. The summed E-state index contributed by atoms with van der Waals surface area (Å²) < 4.78 is 0. The van der Waals surface area contributed by atoms with Gasteiger partial charge in [0.25, 0.3) is 0 Å². The van der Waals surface area contributed by atoms with Crippen LogP contribution in [-0.2, 0) is 15.1 Å². The van der Waals surface area contributed by atoms with Gasteiger partial charge in [0, 0.05) is 0 Å². The molecule has 0 radical (unpaired) electrons. The highest BCUT2D eigenvalue weighted by Crippen LogP contribution is 1.63. The second kappa shape index (κ2) is 8.83. The first-order valence-electron chi connectivity index (χ1n) is 0.698. The maximum atomic E-state index is 7.06. The van der Waals surface area contributed by atoms with Gasteiger partial charge in [-0.15, -0.1) is 0 Å². The van der Waals surface area contributed by atoms with Crippen molar-refractivity contribution in [2.45, 2.75) is 0 Å². The predicted octanol–water partition coefficient (Wildman–Crippen LogP) is -0.0258. The zero-order valence-corrected chi connectivity index (χ0v) is 2.83. The normalized spacial score (nSPS) is 7.00. The molecule has 6 nitrogen and oxygen atoms in total. The summed E-state index contributed by atoms with van der Waals surface area (Å²) in [6, 6.07) is 0. The average Bonchev–Trinajstić information content (AvgIpc) is 1.41. The Morgan fingerprint density at radius 2 is 1.33 bits per heavy atom. The topological polar surface area (TPSA) is 103 Å². The Kier molecular flexibility index (Phi) is 13.6. The van der Waals surface area contributed by atoms with E-state index in [0.29, 0.717) is 0 Å². The van der Waals surface area contributed by atoms with Crippen LogP contribution < -0.4 is 6.15 Å². The monoisotopic (exact) mass is 99.0 g/mol. The smallest absolute Gasteiger partial charge is 0.00537 e. The van der Waals surface area contributed by atoms with Crippen LogP contribution >= 0.6 is 0 Å². The minimum absolute atomic E-state index is 0. The Labute approximate surface area is 33.2 Å². The molecule has 0 unspecified atom stereocenters. The molecule has 0 aromatic heterocycles. The standard InChI is InChI=1S/H3N.H2O5/c;1-3-5-4-2/h1H3;1-2H. The summed E-state index contributed by atoms with van der Waals surface area (Å²) >= 11 is 0. The van der Waals surface area contributed by atoms with Gasteiger partial charge >= 0.3 is 0 Å². The van der Waals surface area contributed by atoms with Gasteiger partial charge < -0.3 is 6.15 Å². The van der Waals surface area contributed by atoms with Gasteiger partial charge in [0.05, 0.1) is 0 Å². The van der Waals surface area contributed by atoms with E-state index in [2.05, 4.69) is 15.1 Å². The van der Waals surface area contributed by atoms with E-state index in [-0.39, 0.29) is 6.15 Å². The van der Waals surface area contributed by atoms with Crippen molar-refractivity contribution in [2.24, 2.45) is 0 Å². The summed E-state index contributed by atoms with van der Waals surface area (Å²) in [5.41, 5.74) is 0. The predicted molar refractivity (Wildman–Crippen MR) is 13.5 cm³/mol. The third-order valence-electron chi connectivity index (χ3n) is 0.0609. The molecular formula is H5NO5. The van der Waals surface area contributed by atoms with Gasteiger partial charge in [0.15, 0.2) is 0 Å². The van der Waals surface area contributed by atoms with Gasteiger partial charge in [0.1, 0.15) is 0 Å². The lowest BCUT2D eigenvalue weighted by molar-refractivity contribution is -0.695. The van der Waals surface area contributed by atoms with Gasteiger partial charge in [-0.3, -0.25) is 0 Å². The molecule has 0 amide bonds. The number of rotatable bonds is 2. The first-order chi connectivity index (χ1) is 2.41. The van der Waals surface area contributed by atoms with E-state index in [1.165, 1.54) is 0 Å². The van der Waals surface area contributed by atoms with Gasteiger partial charge in [0.2, 0.25) is 0 Å². The Hall–Kier alpha value is -0.240. The molecule has 0 aromatic carbocycles. The maximum Gasteiger partial charge on any atom is -0.00537 e. The Morgan fingerprint density at radius 3 is 1.33 bits per heavy atom. The third-order valence-corrected chi connectivity index (χ3v) is 0.0609. The molecule has 0 saturated heterocycles. The summed E-state index contributed by atoms with van der Waals surface area (Å²) in [6.07, 6.45) is 0. The summed E-state index contributed by atoms with van der Waals surface area (Å²) in [6.45, 7) is 0. The van der Waals surface area contributed by atoms with Crippen LogP contribution in [0.4, 0.5) is 0 Å². The van der Waals surface area contributed by atoms with E-state index in [1.54, 1.807) is 0 Å². The van der Waals surface area contributed by atoms with Crippen LogP contribution in [-0.4, -0.2) is 10.5 Å². The molecule has 0 aliphatic rings. The fourth-order valence-electron chi connectivity index (χ4n) is 0.0136. The SMILES string of the molecule is N.OOOOO. The van der Waals surface area contributed by atoms with E-state index in [9.17, 15) is 0 Å². The molecule has 0 bridgehead atoms. The van der Waals surface area contributed by atoms with Crippen molar-refractivity contribution in [3.05, 3.63) is 0 Å². The molecule has 40 valence electrons. The fraction of sp³-hybridized carbons (Fsp3) is 0. The van der Waals surface area contributed by atoms with E-state index in [4.69, 9.17) is 10.5 Å². The summed E-state index contributed by atoms with van der Waals surface area (Å²) in [7, 11) is 0. The lowest BCUT2D eigenvalue weighted by Gasteiger charge is -1.79. The first kappa shape index (κ1) is 9.23. The number of hydrogen-bond acceptors (Lipinski definition) is 6. The summed E-state index contributed by atoms with van der Waals surface area (Å²) in [5.74, 6) is 0. The Balaban J connectivity index is 0. The highest BCUT2D eigenvalue weighted by atomic mass is 17.7. The zero-order valence-electron chi connectivity index (χ0n) is 2.83. The van der Waals surface area contributed by atoms with Gasteiger partial charge in [-0.1, -0.05) is 0 Å². The van der Waals surface area contributed by atoms with E-state index < -0.39 is 0 Å². The van der Waals surface area contributed by atoms with Crippen molar-refractivity contribution in [3.63, 3.8) is 0 Å². The van der Waals surface area contributed by atoms with Crippen molar-refractivity contribution in [3.8, 4) is 0 Å². The molecule has 0 spiro atoms. The van der Waals surface area contributed by atoms with Crippen LogP contribution in [0.25, 0.3) is 0 Å². The molecule has 0 rings (SSSR count). The summed E-state index contributed by atoms with van der Waals surface area (Å²) in [5, 5.41) is 22.5. The highest BCUT2D eigenvalue weighted by Gasteiger charge is 1.68. The Morgan fingerprint density at radius 1 is 1.00 bits per heavy atom. The lowest BCUT2D eigenvalue weighted by Crippen LogP contribution is -1.84. The molecule has 0 fully saturated rings. The minimum Gasteiger partial charge on any atom is -0.344 e. The van der Waals surface area contributed by atoms with Crippen LogP contribution in [0.2, 0.25) is 0 Å². The zero-order chi connectivity index (χ0) is 4.12. The van der Waals surface area contributed by atoms with Gasteiger partial charge in [-0.05, 0) is 15.1 Å². The van der Waals surface area contributed by atoms with Gasteiger partial charge in [-0.2, -0.15) is 0 Å². The van der Waals surface area contributed by atoms with E-state index in [0.717, 1.165) is 0 Å². The molecule has 0 aliphatic heterocycles.